The van der Waals surface area contributed by atoms with Crippen molar-refractivity contribution >= 4 is 50.7 Å². The number of sulfonamides is 1. The fraction of sp³-hybridized carbons (Fsp3) is 0.333. The zero-order chi connectivity index (χ0) is 31.1. The van der Waals surface area contributed by atoms with Crippen LogP contribution in [0, 0.1) is 5.82 Å². The molecule has 0 aliphatic carbocycles. The second kappa shape index (κ2) is 14.3. The molecular weight excluding hydrogens is 620 g/mol. The van der Waals surface area contributed by atoms with Gasteiger partial charge in [0, 0.05) is 34.8 Å². The van der Waals surface area contributed by atoms with Crippen molar-refractivity contribution in [3.8, 4) is 11.5 Å². The van der Waals surface area contributed by atoms with Crippen LogP contribution in [-0.2, 0) is 26.2 Å². The number of rotatable bonds is 12. The van der Waals surface area contributed by atoms with Crippen molar-refractivity contribution in [3.05, 3.63) is 82.1 Å². The molecule has 2 amide bonds. The second-order valence-electron chi connectivity index (χ2n) is 9.84. The minimum atomic E-state index is -4.41. The number of nitrogens with one attached hydrogen (secondary N) is 1. The lowest BCUT2D eigenvalue weighted by Gasteiger charge is -2.32. The number of fused-ring (bicyclic) bond motifs is 1. The minimum Gasteiger partial charge on any atom is -0.486 e. The molecule has 0 fully saturated rings. The second-order valence-corrected chi connectivity index (χ2v) is 12.5. The number of benzene rings is 3. The first-order chi connectivity index (χ1) is 20.5. The number of carbonyl (C=O) groups is 2. The van der Waals surface area contributed by atoms with Crippen molar-refractivity contribution in [2.45, 2.75) is 44.2 Å². The smallest absolute Gasteiger partial charge is 0.264 e. The van der Waals surface area contributed by atoms with Crippen LogP contribution in [0.15, 0.2) is 65.6 Å². The Morgan fingerprint density at radius 1 is 1.00 bits per heavy atom. The molecule has 43 heavy (non-hydrogen) atoms. The number of amides is 2. The minimum absolute atomic E-state index is 0.0421. The summed E-state index contributed by atoms with van der Waals surface area (Å²) in [6.45, 7) is 3.63. The van der Waals surface area contributed by atoms with Crippen molar-refractivity contribution < 1.29 is 31.9 Å². The molecule has 0 saturated heterocycles. The molecule has 1 aliphatic heterocycles. The van der Waals surface area contributed by atoms with E-state index in [1.54, 1.807) is 25.1 Å². The van der Waals surface area contributed by atoms with E-state index in [1.165, 1.54) is 35.2 Å². The Bertz CT molecular complexity index is 1550. The molecule has 4 rings (SSSR count). The van der Waals surface area contributed by atoms with Crippen LogP contribution in [0.2, 0.25) is 10.0 Å². The average molecular weight is 653 g/mol. The largest absolute Gasteiger partial charge is 0.486 e. The number of carbonyl (C=O) groups excluding carboxylic acids is 2. The molecule has 0 bridgehead atoms. The van der Waals surface area contributed by atoms with Gasteiger partial charge >= 0.3 is 0 Å². The maximum atomic E-state index is 14.0. The molecule has 1 N–H and O–H groups in total. The first-order valence-corrected chi connectivity index (χ1v) is 15.9. The van der Waals surface area contributed by atoms with E-state index in [0.29, 0.717) is 24.5 Å². The number of nitrogens with zero attached hydrogens (tertiary/aromatic N) is 2. The van der Waals surface area contributed by atoms with E-state index >= 15 is 0 Å². The maximum absolute atomic E-state index is 14.0. The van der Waals surface area contributed by atoms with Crippen LogP contribution in [0.3, 0.4) is 0 Å². The number of ether oxygens (including phenoxy) is 2. The number of anilines is 1. The van der Waals surface area contributed by atoms with E-state index in [9.17, 15) is 22.4 Å². The summed E-state index contributed by atoms with van der Waals surface area (Å²) in [5.74, 6) is -1.09. The summed E-state index contributed by atoms with van der Waals surface area (Å²) in [4.78, 5) is 28.2. The molecule has 0 unspecified atom stereocenters. The SMILES string of the molecule is CCCCNC(=O)[C@H](C)N(Cc1c(Cl)cccc1Cl)C(=O)CN(c1ccc(F)cc1)S(=O)(=O)c1ccc2c(c1)OCCO2. The Kier molecular flexibility index (Phi) is 10.8. The molecule has 0 radical (unpaired) electrons. The predicted molar refractivity (Wildman–Crippen MR) is 163 cm³/mol. The lowest BCUT2D eigenvalue weighted by Crippen LogP contribution is -2.51. The number of hydrogen-bond acceptors (Lipinski definition) is 6. The topological polar surface area (TPSA) is 105 Å². The molecule has 0 spiro atoms. The van der Waals surface area contributed by atoms with E-state index in [2.05, 4.69) is 5.32 Å². The van der Waals surface area contributed by atoms with E-state index in [-0.39, 0.29) is 39.5 Å². The lowest BCUT2D eigenvalue weighted by atomic mass is 10.1. The highest BCUT2D eigenvalue weighted by molar-refractivity contribution is 7.92. The molecule has 3 aromatic carbocycles. The van der Waals surface area contributed by atoms with Gasteiger partial charge < -0.3 is 19.7 Å². The van der Waals surface area contributed by atoms with E-state index in [4.69, 9.17) is 32.7 Å². The summed E-state index contributed by atoms with van der Waals surface area (Å²) in [7, 11) is -4.41. The van der Waals surface area contributed by atoms with Gasteiger partial charge in [0.25, 0.3) is 10.0 Å². The first-order valence-electron chi connectivity index (χ1n) is 13.7. The van der Waals surface area contributed by atoms with Gasteiger partial charge in [-0.1, -0.05) is 42.6 Å². The highest BCUT2D eigenvalue weighted by Gasteiger charge is 2.34. The maximum Gasteiger partial charge on any atom is 0.264 e. The van der Waals surface area contributed by atoms with Gasteiger partial charge in [-0.05, 0) is 61.9 Å². The van der Waals surface area contributed by atoms with Crippen molar-refractivity contribution in [2.75, 3.05) is 30.6 Å². The van der Waals surface area contributed by atoms with Gasteiger partial charge in [-0.25, -0.2) is 12.8 Å². The fourth-order valence-electron chi connectivity index (χ4n) is 4.42. The molecular formula is C30H32Cl2FN3O6S. The summed E-state index contributed by atoms with van der Waals surface area (Å²) >= 11 is 12.8. The highest BCUT2D eigenvalue weighted by atomic mass is 35.5. The fourth-order valence-corrected chi connectivity index (χ4v) is 6.37. The van der Waals surface area contributed by atoms with Crippen LogP contribution in [-0.4, -0.2) is 57.5 Å². The van der Waals surface area contributed by atoms with Crippen molar-refractivity contribution in [1.29, 1.82) is 0 Å². The van der Waals surface area contributed by atoms with Crippen molar-refractivity contribution in [3.63, 3.8) is 0 Å². The van der Waals surface area contributed by atoms with Crippen LogP contribution >= 0.6 is 23.2 Å². The molecule has 0 saturated carbocycles. The number of unbranched alkanes of at least 4 members (excludes halogenated alkanes) is 1. The van der Waals surface area contributed by atoms with Crippen LogP contribution in [0.5, 0.6) is 11.5 Å². The third-order valence-electron chi connectivity index (χ3n) is 6.88. The summed E-state index contributed by atoms with van der Waals surface area (Å²) in [5.41, 5.74) is 0.441. The van der Waals surface area contributed by atoms with Gasteiger partial charge in [-0.15, -0.1) is 0 Å². The molecule has 1 aliphatic rings. The Morgan fingerprint density at radius 3 is 2.30 bits per heavy atom. The number of halogens is 3. The van der Waals surface area contributed by atoms with E-state index in [0.717, 1.165) is 29.3 Å². The molecule has 3 aromatic rings. The predicted octanol–water partition coefficient (Wildman–Crippen LogP) is 5.43. The third-order valence-corrected chi connectivity index (χ3v) is 9.36. The van der Waals surface area contributed by atoms with Crippen LogP contribution < -0.4 is 19.1 Å². The quantitative estimate of drug-likeness (QED) is 0.262. The Labute approximate surface area is 260 Å². The summed E-state index contributed by atoms with van der Waals surface area (Å²) in [5, 5.41) is 3.37. The Morgan fingerprint density at radius 2 is 1.65 bits per heavy atom. The molecule has 13 heteroatoms. The molecule has 1 heterocycles. The van der Waals surface area contributed by atoms with E-state index in [1.807, 2.05) is 6.92 Å². The molecule has 1 atom stereocenters. The van der Waals surface area contributed by atoms with Crippen molar-refractivity contribution in [2.24, 2.45) is 0 Å². The zero-order valence-corrected chi connectivity index (χ0v) is 26.0. The van der Waals surface area contributed by atoms with Crippen LogP contribution in [0.1, 0.15) is 32.3 Å². The molecule has 230 valence electrons. The van der Waals surface area contributed by atoms with Crippen LogP contribution in [0.4, 0.5) is 10.1 Å². The lowest BCUT2D eigenvalue weighted by molar-refractivity contribution is -0.139. The van der Waals surface area contributed by atoms with Gasteiger partial charge in [0.1, 0.15) is 31.6 Å². The average Bonchev–Trinajstić information content (AvgIpc) is 2.99. The summed E-state index contributed by atoms with van der Waals surface area (Å²) < 4.78 is 53.9. The number of hydrogen-bond donors (Lipinski definition) is 1. The standard InChI is InChI=1S/C30H32Cl2FN3O6S/c1-3-4-14-34-30(38)20(2)35(18-24-25(31)6-5-7-26(24)32)29(37)19-36(22-10-8-21(33)9-11-22)43(39,40)23-12-13-27-28(17-23)42-16-15-41-27/h5-13,17,20H,3-4,14-16,18-19H2,1-2H3,(H,34,38)/t20-/m0/s1. The Balaban J connectivity index is 1.72. The van der Waals surface area contributed by atoms with Gasteiger partial charge in [-0.2, -0.15) is 0 Å². The van der Waals surface area contributed by atoms with E-state index < -0.39 is 40.2 Å². The van der Waals surface area contributed by atoms with Crippen molar-refractivity contribution in [1.82, 2.24) is 10.2 Å². The highest BCUT2D eigenvalue weighted by Crippen LogP contribution is 2.34. The van der Waals surface area contributed by atoms with Gasteiger partial charge in [-0.3, -0.25) is 13.9 Å². The summed E-state index contributed by atoms with van der Waals surface area (Å²) in [6.07, 6.45) is 1.60. The normalized spacial score (nSPS) is 13.2. The van der Waals surface area contributed by atoms with Gasteiger partial charge in [0.05, 0.1) is 10.6 Å². The van der Waals surface area contributed by atoms with Gasteiger partial charge in [0.15, 0.2) is 11.5 Å². The monoisotopic (exact) mass is 651 g/mol. The molecule has 9 nitrogen and oxygen atoms in total. The zero-order valence-electron chi connectivity index (χ0n) is 23.7. The molecule has 0 aromatic heterocycles. The summed E-state index contributed by atoms with van der Waals surface area (Å²) in [6, 6.07) is 12.7. The third kappa shape index (κ3) is 7.70. The first kappa shape index (κ1) is 32.4. The van der Waals surface area contributed by atoms with Crippen LogP contribution in [0.25, 0.3) is 0 Å². The Hall–Kier alpha value is -3.54. The van der Waals surface area contributed by atoms with Gasteiger partial charge in [0.2, 0.25) is 11.8 Å².